The molecule has 4 N–H and O–H groups in total. The van der Waals surface area contributed by atoms with Crippen LogP contribution in [-0.2, 0) is 19.1 Å². The number of amides is 4. The predicted octanol–water partition coefficient (Wildman–Crippen LogP) is 6.20. The van der Waals surface area contributed by atoms with Crippen molar-refractivity contribution in [1.82, 2.24) is 55.3 Å². The minimum absolute atomic E-state index is 0.118. The van der Waals surface area contributed by atoms with Gasteiger partial charge >= 0.3 is 12.2 Å². The Kier molecular flexibility index (Phi) is 11.1. The molecule has 17 nitrogen and oxygen atoms in total. The highest BCUT2D eigenvalue weighted by atomic mass is 16.5. The lowest BCUT2D eigenvalue weighted by molar-refractivity contribution is -0.136. The minimum Gasteiger partial charge on any atom is -0.453 e. The summed E-state index contributed by atoms with van der Waals surface area (Å²) in [5.41, 5.74) is 6.33. The first-order chi connectivity index (χ1) is 28.9. The topological polar surface area (TPSA) is 213 Å². The van der Waals surface area contributed by atoms with Gasteiger partial charge in [-0.1, -0.05) is 52.0 Å². The maximum Gasteiger partial charge on any atom is 0.407 e. The Morgan fingerprint density at radius 2 is 1.22 bits per heavy atom. The van der Waals surface area contributed by atoms with E-state index in [1.165, 1.54) is 14.2 Å². The number of aromatic amines is 2. The monoisotopic (exact) mass is 815 g/mol. The summed E-state index contributed by atoms with van der Waals surface area (Å²) in [6, 6.07) is 12.3. The number of nitrogens with one attached hydrogen (secondary N) is 4. The summed E-state index contributed by atoms with van der Waals surface area (Å²) in [6.07, 6.45) is 5.33. The maximum absolute atomic E-state index is 13.7. The number of rotatable bonds is 10. The zero-order chi connectivity index (χ0) is 42.2. The second kappa shape index (κ2) is 16.5. The molecule has 0 saturated carbocycles. The van der Waals surface area contributed by atoms with Gasteiger partial charge in [0, 0.05) is 29.9 Å². The highest BCUT2D eigenvalue weighted by molar-refractivity contribution is 5.91. The second-order valence-electron chi connectivity index (χ2n) is 16.1. The zero-order valence-corrected chi connectivity index (χ0v) is 34.5. The Labute approximate surface area is 346 Å². The smallest absolute Gasteiger partial charge is 0.407 e. The van der Waals surface area contributed by atoms with Crippen molar-refractivity contribution in [1.29, 1.82) is 0 Å². The second-order valence-corrected chi connectivity index (χ2v) is 16.1. The first kappa shape index (κ1) is 40.1. The van der Waals surface area contributed by atoms with Crippen molar-refractivity contribution < 1.29 is 28.7 Å². The van der Waals surface area contributed by atoms with E-state index in [0.29, 0.717) is 52.8 Å². The molecule has 4 aromatic heterocycles. The molecule has 60 heavy (non-hydrogen) atoms. The van der Waals surface area contributed by atoms with Crippen molar-refractivity contribution in [3.63, 3.8) is 0 Å². The summed E-state index contributed by atoms with van der Waals surface area (Å²) in [7, 11) is 2.57. The fraction of sp³-hybridized carbons (Fsp3) is 0.419. The summed E-state index contributed by atoms with van der Waals surface area (Å²) >= 11 is 0. The van der Waals surface area contributed by atoms with E-state index in [1.54, 1.807) is 17.3 Å². The first-order valence-electron chi connectivity index (χ1n) is 20.3. The Balaban J connectivity index is 0.993. The van der Waals surface area contributed by atoms with Gasteiger partial charge in [0.1, 0.15) is 23.4 Å². The number of carbonyl (C=O) groups excluding carboxylic acids is 4. The van der Waals surface area contributed by atoms with Gasteiger partial charge < -0.3 is 39.9 Å². The van der Waals surface area contributed by atoms with Gasteiger partial charge in [-0.25, -0.2) is 29.5 Å². The number of nitrogens with zero attached hydrogens (tertiary/aromatic N) is 7. The number of alkyl carbamates (subject to hydrolysis) is 2. The summed E-state index contributed by atoms with van der Waals surface area (Å²) in [5, 5.41) is 7.40. The van der Waals surface area contributed by atoms with E-state index in [9.17, 15) is 19.2 Å². The van der Waals surface area contributed by atoms with Crippen LogP contribution in [-0.4, -0.2) is 108 Å². The van der Waals surface area contributed by atoms with Gasteiger partial charge in [0.05, 0.1) is 50.1 Å². The molecule has 0 radical (unpaired) electrons. The molecule has 8 rings (SSSR count). The summed E-state index contributed by atoms with van der Waals surface area (Å²) in [5.74, 6) is 0.0279. The molecule has 6 aromatic rings. The number of carbonyl (C=O) groups is 4. The van der Waals surface area contributed by atoms with Crippen LogP contribution in [0.2, 0.25) is 0 Å². The number of H-pyrrole nitrogens is 2. The van der Waals surface area contributed by atoms with Crippen LogP contribution >= 0.6 is 0 Å². The van der Waals surface area contributed by atoms with E-state index in [1.807, 2.05) is 62.9 Å². The van der Waals surface area contributed by atoms with Crippen LogP contribution < -0.4 is 10.6 Å². The van der Waals surface area contributed by atoms with Crippen LogP contribution in [0.5, 0.6) is 0 Å². The predicted molar refractivity (Wildman–Crippen MR) is 223 cm³/mol. The number of hydrogen-bond donors (Lipinski definition) is 4. The lowest BCUT2D eigenvalue weighted by Crippen LogP contribution is -2.51. The standard InChI is InChI=1S/C43H49N11O6/c1-22(2)34(49-42(57)59-5)40(55)53-15-7-9-32(53)28-19-29-36(46-28)47-30(20-44-29)26-13-11-25-18-27(14-12-24(25)17-26)31-21-45-38-39(48-31)52-37(51-38)33-10-8-16-54(33)41(56)35(23(3)4)50-43(58)60-6/h11-14,17-23,32-35H,7-10,15-16H2,1-6H3,(H,46,47)(H,49,57)(H,50,58)(H,45,48,51,52)/t32-,33-,34-,35-/m0/s1. The van der Waals surface area contributed by atoms with Crippen molar-refractivity contribution in [3.8, 4) is 22.5 Å². The fourth-order valence-corrected chi connectivity index (χ4v) is 8.33. The lowest BCUT2D eigenvalue weighted by atomic mass is 10.0. The molecule has 17 heteroatoms. The van der Waals surface area contributed by atoms with Gasteiger partial charge in [-0.2, -0.15) is 0 Å². The molecular weight excluding hydrogens is 767 g/mol. The number of benzene rings is 2. The van der Waals surface area contributed by atoms with Gasteiger partial charge in [0.25, 0.3) is 0 Å². The Bertz CT molecular complexity index is 2430. The van der Waals surface area contributed by atoms with Crippen molar-refractivity contribution in [2.75, 3.05) is 27.3 Å². The molecule has 2 saturated heterocycles. The molecule has 6 heterocycles. The Morgan fingerprint density at radius 3 is 1.78 bits per heavy atom. The molecule has 2 aromatic carbocycles. The van der Waals surface area contributed by atoms with Crippen LogP contribution in [0.1, 0.15) is 77.0 Å². The molecule has 0 unspecified atom stereocenters. The number of imidazole rings is 1. The fourth-order valence-electron chi connectivity index (χ4n) is 8.33. The highest BCUT2D eigenvalue weighted by Crippen LogP contribution is 2.36. The van der Waals surface area contributed by atoms with E-state index in [-0.39, 0.29) is 35.7 Å². The summed E-state index contributed by atoms with van der Waals surface area (Å²) < 4.78 is 9.54. The Morgan fingerprint density at radius 1 is 0.683 bits per heavy atom. The van der Waals surface area contributed by atoms with E-state index in [2.05, 4.69) is 37.7 Å². The molecule has 0 aliphatic carbocycles. The third kappa shape index (κ3) is 7.78. The van der Waals surface area contributed by atoms with Crippen molar-refractivity contribution in [3.05, 3.63) is 66.4 Å². The zero-order valence-electron chi connectivity index (χ0n) is 34.5. The largest absolute Gasteiger partial charge is 0.453 e. The number of methoxy groups -OCH3 is 2. The van der Waals surface area contributed by atoms with Gasteiger partial charge in [-0.15, -0.1) is 0 Å². The summed E-state index contributed by atoms with van der Waals surface area (Å²) in [6.45, 7) is 8.70. The molecule has 0 spiro atoms. The van der Waals surface area contributed by atoms with E-state index < -0.39 is 24.3 Å². The highest BCUT2D eigenvalue weighted by Gasteiger charge is 2.39. The number of fused-ring (bicyclic) bond motifs is 3. The van der Waals surface area contributed by atoms with E-state index >= 15 is 0 Å². The minimum atomic E-state index is -0.727. The number of ether oxygens (including phenoxy) is 2. The van der Waals surface area contributed by atoms with Crippen LogP contribution in [0.15, 0.2) is 54.9 Å². The van der Waals surface area contributed by atoms with Gasteiger partial charge in [0.15, 0.2) is 16.9 Å². The van der Waals surface area contributed by atoms with Crippen LogP contribution in [0.4, 0.5) is 9.59 Å². The number of hydrogen-bond acceptors (Lipinski definition) is 11. The number of likely N-dealkylation sites (tertiary alicyclic amines) is 2. The molecule has 0 bridgehead atoms. The molecule has 2 aliphatic heterocycles. The maximum atomic E-state index is 13.7. The van der Waals surface area contributed by atoms with Gasteiger partial charge in [-0.3, -0.25) is 14.6 Å². The third-order valence-corrected chi connectivity index (χ3v) is 11.5. The van der Waals surface area contributed by atoms with Crippen molar-refractivity contribution in [2.24, 2.45) is 11.8 Å². The normalized spacial score (nSPS) is 17.8. The quantitative estimate of drug-likeness (QED) is 0.122. The van der Waals surface area contributed by atoms with Crippen molar-refractivity contribution in [2.45, 2.75) is 77.5 Å². The lowest BCUT2D eigenvalue weighted by Gasteiger charge is -2.30. The SMILES string of the molecule is COC(=O)N[C@H](C(=O)N1CCC[C@H]1c1cc2ncc(-c3ccc4cc(-c5cnc6nc([C@@H]7CCCN7C(=O)[C@@H](NC(=O)OC)C(C)C)[nH]c6n5)ccc4c3)nc2[nH]1)C(C)C. The van der Waals surface area contributed by atoms with Crippen molar-refractivity contribution >= 4 is 57.2 Å². The first-order valence-corrected chi connectivity index (χ1v) is 20.3. The molecular formula is C43H49N11O6. The third-order valence-electron chi connectivity index (χ3n) is 11.5. The summed E-state index contributed by atoms with van der Waals surface area (Å²) in [4.78, 5) is 85.5. The molecule has 4 amide bonds. The van der Waals surface area contributed by atoms with Gasteiger partial charge in [-0.05, 0) is 66.5 Å². The van der Waals surface area contributed by atoms with Gasteiger partial charge in [0.2, 0.25) is 11.8 Å². The molecule has 2 aliphatic rings. The molecule has 2 fully saturated rings. The molecule has 4 atom stereocenters. The average Bonchev–Trinajstić information content (AvgIpc) is 4.08. The Hall–Kier alpha value is -6.65. The van der Waals surface area contributed by atoms with Crippen LogP contribution in [0.25, 0.3) is 55.7 Å². The van der Waals surface area contributed by atoms with Crippen LogP contribution in [0.3, 0.4) is 0 Å². The number of aromatic nitrogens is 7. The van der Waals surface area contributed by atoms with Crippen LogP contribution in [0, 0.1) is 11.8 Å². The van der Waals surface area contributed by atoms with E-state index in [4.69, 9.17) is 29.4 Å². The molecule has 312 valence electrons. The average molecular weight is 816 g/mol. The van der Waals surface area contributed by atoms with E-state index in [0.717, 1.165) is 53.3 Å².